The molecule has 2 heterocycles. The van der Waals surface area contributed by atoms with Gasteiger partial charge in [0.15, 0.2) is 6.61 Å². The van der Waals surface area contributed by atoms with Crippen molar-refractivity contribution in [1.82, 2.24) is 4.57 Å². The molecule has 0 saturated carbocycles. The number of rotatable bonds is 5. The number of esters is 1. The fourth-order valence-corrected chi connectivity index (χ4v) is 3.28. The summed E-state index contributed by atoms with van der Waals surface area (Å²) in [6.07, 6.45) is 1.39. The SMILES string of the molecule is Cn1c(-c2ccccc2)c(C(=O)COC(=O)c2ccco2)c2ccccc21. The van der Waals surface area contributed by atoms with E-state index in [1.807, 2.05) is 66.2 Å². The lowest BCUT2D eigenvalue weighted by Crippen LogP contribution is -2.14. The first-order chi connectivity index (χ1) is 13.2. The number of aryl methyl sites for hydroxylation is 1. The van der Waals surface area contributed by atoms with Gasteiger partial charge in [0, 0.05) is 18.0 Å². The molecule has 0 bridgehead atoms. The number of para-hydroxylation sites is 1. The molecule has 0 atom stereocenters. The van der Waals surface area contributed by atoms with Crippen molar-refractivity contribution in [2.24, 2.45) is 7.05 Å². The molecular formula is C22H17NO4. The van der Waals surface area contributed by atoms with Gasteiger partial charge in [0.1, 0.15) is 0 Å². The third-order valence-corrected chi connectivity index (χ3v) is 4.49. The zero-order valence-electron chi connectivity index (χ0n) is 14.7. The van der Waals surface area contributed by atoms with Crippen molar-refractivity contribution < 1.29 is 18.7 Å². The summed E-state index contributed by atoms with van der Waals surface area (Å²) in [4.78, 5) is 25.0. The summed E-state index contributed by atoms with van der Waals surface area (Å²) >= 11 is 0. The Morgan fingerprint density at radius 2 is 1.70 bits per heavy atom. The number of ketones is 1. The van der Waals surface area contributed by atoms with Crippen LogP contribution in [0.15, 0.2) is 77.4 Å². The van der Waals surface area contributed by atoms with Gasteiger partial charge in [-0.15, -0.1) is 0 Å². The number of Topliss-reactive ketones (excluding diaryl/α,β-unsaturated/α-hetero) is 1. The fourth-order valence-electron chi connectivity index (χ4n) is 3.28. The molecule has 5 nitrogen and oxygen atoms in total. The highest BCUT2D eigenvalue weighted by Crippen LogP contribution is 2.33. The molecule has 0 amide bonds. The van der Waals surface area contributed by atoms with Gasteiger partial charge in [0.05, 0.1) is 17.5 Å². The minimum atomic E-state index is -0.658. The van der Waals surface area contributed by atoms with Gasteiger partial charge in [0.25, 0.3) is 0 Å². The van der Waals surface area contributed by atoms with Crippen LogP contribution in [0.25, 0.3) is 22.2 Å². The van der Waals surface area contributed by atoms with E-state index in [1.165, 1.54) is 12.3 Å². The van der Waals surface area contributed by atoms with Crippen LogP contribution in [0.1, 0.15) is 20.9 Å². The highest BCUT2D eigenvalue weighted by Gasteiger charge is 2.23. The molecule has 0 saturated heterocycles. The number of fused-ring (bicyclic) bond motifs is 1. The van der Waals surface area contributed by atoms with Crippen molar-refractivity contribution >= 4 is 22.7 Å². The van der Waals surface area contributed by atoms with Crippen LogP contribution in [-0.4, -0.2) is 22.9 Å². The number of aromatic nitrogens is 1. The first-order valence-corrected chi connectivity index (χ1v) is 8.53. The van der Waals surface area contributed by atoms with Crippen LogP contribution in [-0.2, 0) is 11.8 Å². The van der Waals surface area contributed by atoms with Crippen LogP contribution in [0.4, 0.5) is 0 Å². The number of hydrogen-bond acceptors (Lipinski definition) is 4. The molecule has 0 radical (unpaired) electrons. The highest BCUT2D eigenvalue weighted by molar-refractivity contribution is 6.14. The van der Waals surface area contributed by atoms with Gasteiger partial charge in [-0.25, -0.2) is 4.79 Å². The van der Waals surface area contributed by atoms with Gasteiger partial charge in [-0.3, -0.25) is 4.79 Å². The molecule has 2 aromatic carbocycles. The van der Waals surface area contributed by atoms with Crippen molar-refractivity contribution in [2.45, 2.75) is 0 Å². The standard InChI is InChI=1S/C22H17NO4/c1-23-17-11-6-5-10-16(17)20(21(23)15-8-3-2-4-9-15)18(24)14-27-22(25)19-12-7-13-26-19/h2-13H,14H2,1H3. The molecule has 0 fully saturated rings. The second-order valence-corrected chi connectivity index (χ2v) is 6.14. The first kappa shape index (κ1) is 16.8. The summed E-state index contributed by atoms with van der Waals surface area (Å²) < 4.78 is 12.2. The van der Waals surface area contributed by atoms with Crippen molar-refractivity contribution in [3.05, 3.63) is 84.3 Å². The smallest absolute Gasteiger partial charge is 0.374 e. The van der Waals surface area contributed by atoms with E-state index in [1.54, 1.807) is 6.07 Å². The lowest BCUT2D eigenvalue weighted by molar-refractivity contribution is 0.0444. The molecule has 4 rings (SSSR count). The van der Waals surface area contributed by atoms with Crippen molar-refractivity contribution in [3.63, 3.8) is 0 Å². The van der Waals surface area contributed by atoms with Gasteiger partial charge in [-0.05, 0) is 23.8 Å². The highest BCUT2D eigenvalue weighted by atomic mass is 16.5. The van der Waals surface area contributed by atoms with Gasteiger partial charge in [0.2, 0.25) is 11.5 Å². The van der Waals surface area contributed by atoms with Crippen molar-refractivity contribution in [1.29, 1.82) is 0 Å². The number of carbonyl (C=O) groups is 2. The Balaban J connectivity index is 1.74. The van der Waals surface area contributed by atoms with Crippen LogP contribution in [0.3, 0.4) is 0 Å². The van der Waals surface area contributed by atoms with Gasteiger partial charge in [-0.2, -0.15) is 0 Å². The van der Waals surface area contributed by atoms with Crippen LogP contribution < -0.4 is 0 Å². The van der Waals surface area contributed by atoms with E-state index in [0.29, 0.717) is 5.56 Å². The van der Waals surface area contributed by atoms with Gasteiger partial charge >= 0.3 is 5.97 Å². The summed E-state index contributed by atoms with van der Waals surface area (Å²) in [5.41, 5.74) is 3.22. The zero-order valence-corrected chi connectivity index (χ0v) is 14.7. The molecule has 5 heteroatoms. The van der Waals surface area contributed by atoms with E-state index in [0.717, 1.165) is 22.2 Å². The van der Waals surface area contributed by atoms with E-state index < -0.39 is 5.97 Å². The lowest BCUT2D eigenvalue weighted by Gasteiger charge is -2.08. The number of nitrogens with zero attached hydrogens (tertiary/aromatic N) is 1. The Morgan fingerprint density at radius 1 is 0.963 bits per heavy atom. The number of carbonyl (C=O) groups excluding carboxylic acids is 2. The number of hydrogen-bond donors (Lipinski definition) is 0. The molecule has 0 spiro atoms. The average Bonchev–Trinajstić information content (AvgIpc) is 3.34. The zero-order chi connectivity index (χ0) is 18.8. The number of furan rings is 1. The van der Waals surface area contributed by atoms with Crippen molar-refractivity contribution in [3.8, 4) is 11.3 Å². The summed E-state index contributed by atoms with van der Waals surface area (Å²) in [6.45, 7) is -0.354. The topological polar surface area (TPSA) is 61.4 Å². The normalized spacial score (nSPS) is 10.9. The fraction of sp³-hybridized carbons (Fsp3) is 0.0909. The third kappa shape index (κ3) is 3.04. The van der Waals surface area contributed by atoms with Gasteiger partial charge in [-0.1, -0.05) is 48.5 Å². The molecule has 27 heavy (non-hydrogen) atoms. The second kappa shape index (κ2) is 6.96. The minimum Gasteiger partial charge on any atom is -0.457 e. The summed E-state index contributed by atoms with van der Waals surface area (Å²) in [6, 6.07) is 20.5. The Labute approximate surface area is 155 Å². The Kier molecular flexibility index (Phi) is 4.34. The maximum atomic E-state index is 13.0. The predicted octanol–water partition coefficient (Wildman–Crippen LogP) is 4.48. The number of benzene rings is 2. The predicted molar refractivity (Wildman–Crippen MR) is 102 cm³/mol. The minimum absolute atomic E-state index is 0.0732. The third-order valence-electron chi connectivity index (χ3n) is 4.49. The van der Waals surface area contributed by atoms with Crippen molar-refractivity contribution in [2.75, 3.05) is 6.61 Å². The summed E-state index contributed by atoms with van der Waals surface area (Å²) in [5.74, 6) is -0.843. The van der Waals surface area contributed by atoms with E-state index in [9.17, 15) is 9.59 Å². The molecular weight excluding hydrogens is 342 g/mol. The summed E-state index contributed by atoms with van der Waals surface area (Å²) in [5, 5.41) is 0.831. The maximum absolute atomic E-state index is 13.0. The molecule has 0 aliphatic rings. The number of ether oxygens (including phenoxy) is 1. The second-order valence-electron chi connectivity index (χ2n) is 6.14. The summed E-state index contributed by atoms with van der Waals surface area (Å²) in [7, 11) is 1.93. The van der Waals surface area contributed by atoms with E-state index in [2.05, 4.69) is 0 Å². The van der Waals surface area contributed by atoms with E-state index >= 15 is 0 Å². The molecule has 0 N–H and O–H groups in total. The largest absolute Gasteiger partial charge is 0.457 e. The van der Waals surface area contributed by atoms with E-state index in [-0.39, 0.29) is 18.2 Å². The maximum Gasteiger partial charge on any atom is 0.374 e. The quantitative estimate of drug-likeness (QED) is 0.389. The van der Waals surface area contributed by atoms with E-state index in [4.69, 9.17) is 9.15 Å². The molecule has 0 aliphatic heterocycles. The Bertz CT molecular complexity index is 1110. The average molecular weight is 359 g/mol. The van der Waals surface area contributed by atoms with Crippen LogP contribution >= 0.6 is 0 Å². The molecule has 4 aromatic rings. The Morgan fingerprint density at radius 3 is 2.44 bits per heavy atom. The molecule has 0 unspecified atom stereocenters. The van der Waals surface area contributed by atoms with Crippen LogP contribution in [0, 0.1) is 0 Å². The first-order valence-electron chi connectivity index (χ1n) is 8.53. The molecule has 134 valence electrons. The van der Waals surface area contributed by atoms with Crippen LogP contribution in [0.5, 0.6) is 0 Å². The monoisotopic (exact) mass is 359 g/mol. The van der Waals surface area contributed by atoms with Gasteiger partial charge < -0.3 is 13.7 Å². The van der Waals surface area contributed by atoms with Crippen LogP contribution in [0.2, 0.25) is 0 Å². The Hall–Kier alpha value is -3.60. The molecule has 0 aliphatic carbocycles. The molecule has 2 aromatic heterocycles. The lowest BCUT2D eigenvalue weighted by atomic mass is 10.0.